The zero-order valence-corrected chi connectivity index (χ0v) is 19.8. The minimum Gasteiger partial charge on any atom is -0.497 e. The molecule has 172 valence electrons. The van der Waals surface area contributed by atoms with Crippen LogP contribution in [0.15, 0.2) is 78.9 Å². The molecule has 3 atom stereocenters. The highest BCUT2D eigenvalue weighted by atomic mass is 16.5. The summed E-state index contributed by atoms with van der Waals surface area (Å²) < 4.78 is 5.36. The van der Waals surface area contributed by atoms with E-state index < -0.39 is 0 Å². The first-order valence-electron chi connectivity index (χ1n) is 11.8. The maximum Gasteiger partial charge on any atom is 0.230 e. The number of rotatable bonds is 9. The lowest BCUT2D eigenvalue weighted by atomic mass is 10.0. The lowest BCUT2D eigenvalue weighted by molar-refractivity contribution is -0.120. The van der Waals surface area contributed by atoms with Crippen LogP contribution >= 0.6 is 0 Å². The van der Waals surface area contributed by atoms with Gasteiger partial charge in [0.25, 0.3) is 0 Å². The number of nitrogens with zero attached hydrogens (tertiary/aromatic N) is 1. The third kappa shape index (κ3) is 5.63. The molecule has 1 saturated carbocycles. The lowest BCUT2D eigenvalue weighted by Gasteiger charge is -2.27. The van der Waals surface area contributed by atoms with Crippen molar-refractivity contribution in [1.82, 2.24) is 0 Å². The van der Waals surface area contributed by atoms with Crippen molar-refractivity contribution in [2.45, 2.75) is 38.6 Å². The highest BCUT2D eigenvalue weighted by Gasteiger charge is 2.46. The molecule has 3 aromatic carbocycles. The number of carbonyl (C=O) groups is 1. The Morgan fingerprint density at radius 1 is 1.00 bits per heavy atom. The largest absolute Gasteiger partial charge is 0.497 e. The molecule has 1 fully saturated rings. The van der Waals surface area contributed by atoms with Crippen molar-refractivity contribution in [1.29, 1.82) is 0 Å². The van der Waals surface area contributed by atoms with Crippen molar-refractivity contribution < 1.29 is 9.53 Å². The number of methoxy groups -OCH3 is 1. The van der Waals surface area contributed by atoms with E-state index in [9.17, 15) is 4.79 Å². The molecule has 33 heavy (non-hydrogen) atoms. The van der Waals surface area contributed by atoms with Crippen LogP contribution in [0.4, 0.5) is 5.69 Å². The van der Waals surface area contributed by atoms with Crippen molar-refractivity contribution >= 4 is 11.6 Å². The Hall–Kier alpha value is -3.11. The second-order valence-corrected chi connectivity index (χ2v) is 9.48. The van der Waals surface area contributed by atoms with E-state index in [2.05, 4.69) is 44.2 Å². The van der Waals surface area contributed by atoms with E-state index in [1.165, 1.54) is 5.56 Å². The number of anilines is 1. The molecule has 0 aromatic heterocycles. The van der Waals surface area contributed by atoms with Gasteiger partial charge in [0.15, 0.2) is 0 Å². The molecule has 0 radical (unpaired) electrons. The Bertz CT molecular complexity index is 1060. The standard InChI is InChI=1S/C29H34N2O2/c1-20(2)16-24(30)19-31(29(32)28-18-27(28)22-8-5-4-6-9-22)25-14-12-21(13-15-25)23-10-7-11-26(17-23)33-3/h4-15,17,20,24,27-28H,16,18-19,30H2,1-3H3/t24-,27-,28+/m0/s1. The molecule has 0 bridgehead atoms. The molecule has 1 aliphatic rings. The fourth-order valence-corrected chi connectivity index (χ4v) is 4.61. The van der Waals surface area contributed by atoms with Crippen LogP contribution in [0.25, 0.3) is 11.1 Å². The molecule has 1 aliphatic carbocycles. The minimum atomic E-state index is -0.0547. The normalized spacial score (nSPS) is 18.1. The van der Waals surface area contributed by atoms with Gasteiger partial charge in [-0.15, -0.1) is 0 Å². The summed E-state index contributed by atoms with van der Waals surface area (Å²) in [5, 5.41) is 0. The Morgan fingerprint density at radius 3 is 2.39 bits per heavy atom. The summed E-state index contributed by atoms with van der Waals surface area (Å²) in [7, 11) is 1.67. The highest BCUT2D eigenvalue weighted by Crippen LogP contribution is 2.48. The average Bonchev–Trinajstić information content (AvgIpc) is 3.63. The quantitative estimate of drug-likeness (QED) is 0.451. The van der Waals surface area contributed by atoms with Gasteiger partial charge in [0, 0.05) is 24.2 Å². The SMILES string of the molecule is COc1cccc(-c2ccc(N(C[C@@H](N)CC(C)C)C(=O)[C@@H]3C[C@H]3c3ccccc3)cc2)c1. The van der Waals surface area contributed by atoms with Crippen molar-refractivity contribution in [2.24, 2.45) is 17.6 Å². The predicted octanol–water partition coefficient (Wildman–Crippen LogP) is 5.87. The van der Waals surface area contributed by atoms with Crippen LogP contribution < -0.4 is 15.4 Å². The molecule has 4 nitrogen and oxygen atoms in total. The number of hydrogen-bond acceptors (Lipinski definition) is 3. The van der Waals surface area contributed by atoms with Gasteiger partial charge in [0.1, 0.15) is 5.75 Å². The number of benzene rings is 3. The molecule has 0 unspecified atom stereocenters. The van der Waals surface area contributed by atoms with Crippen molar-refractivity contribution in [2.75, 3.05) is 18.6 Å². The molecular formula is C29H34N2O2. The van der Waals surface area contributed by atoms with Gasteiger partial charge >= 0.3 is 0 Å². The average molecular weight is 443 g/mol. The maximum atomic E-state index is 13.6. The molecule has 1 amide bonds. The van der Waals surface area contributed by atoms with Crippen molar-refractivity contribution in [3.8, 4) is 16.9 Å². The van der Waals surface area contributed by atoms with Crippen LogP contribution in [0.5, 0.6) is 5.75 Å². The van der Waals surface area contributed by atoms with E-state index in [1.54, 1.807) is 7.11 Å². The summed E-state index contributed by atoms with van der Waals surface area (Å²) in [4.78, 5) is 15.5. The summed E-state index contributed by atoms with van der Waals surface area (Å²) in [6.45, 7) is 4.87. The van der Waals surface area contributed by atoms with E-state index in [1.807, 2.05) is 53.4 Å². The van der Waals surface area contributed by atoms with E-state index in [0.29, 0.717) is 18.4 Å². The first kappa shape index (κ1) is 23.1. The predicted molar refractivity (Wildman–Crippen MR) is 136 cm³/mol. The molecular weight excluding hydrogens is 408 g/mol. The van der Waals surface area contributed by atoms with E-state index in [4.69, 9.17) is 10.5 Å². The van der Waals surface area contributed by atoms with E-state index in [0.717, 1.165) is 35.4 Å². The first-order valence-corrected chi connectivity index (χ1v) is 11.8. The van der Waals surface area contributed by atoms with Gasteiger partial charge in [0.05, 0.1) is 7.11 Å². The van der Waals surface area contributed by atoms with Crippen LogP contribution in [0, 0.1) is 11.8 Å². The third-order valence-electron chi connectivity index (χ3n) is 6.37. The zero-order chi connectivity index (χ0) is 23.4. The fourth-order valence-electron chi connectivity index (χ4n) is 4.61. The Balaban J connectivity index is 1.56. The smallest absolute Gasteiger partial charge is 0.230 e. The second-order valence-electron chi connectivity index (χ2n) is 9.48. The van der Waals surface area contributed by atoms with Crippen LogP contribution in [-0.4, -0.2) is 25.6 Å². The number of ether oxygens (including phenoxy) is 1. The van der Waals surface area contributed by atoms with Gasteiger partial charge in [-0.2, -0.15) is 0 Å². The monoisotopic (exact) mass is 442 g/mol. The topological polar surface area (TPSA) is 55.6 Å². The molecule has 2 N–H and O–H groups in total. The second kappa shape index (κ2) is 10.2. The van der Waals surface area contributed by atoms with Crippen molar-refractivity contribution in [3.63, 3.8) is 0 Å². The van der Waals surface area contributed by atoms with Crippen molar-refractivity contribution in [3.05, 3.63) is 84.4 Å². The summed E-state index contributed by atoms with van der Waals surface area (Å²) in [6, 6.07) is 26.5. The summed E-state index contributed by atoms with van der Waals surface area (Å²) in [5.41, 5.74) is 10.8. The van der Waals surface area contributed by atoms with Crippen LogP contribution in [-0.2, 0) is 4.79 Å². The fraction of sp³-hybridized carbons (Fsp3) is 0.345. The maximum absolute atomic E-state index is 13.6. The summed E-state index contributed by atoms with van der Waals surface area (Å²) in [6.07, 6.45) is 1.79. The summed E-state index contributed by atoms with van der Waals surface area (Å²) >= 11 is 0. The van der Waals surface area contributed by atoms with Crippen LogP contribution in [0.2, 0.25) is 0 Å². The summed E-state index contributed by atoms with van der Waals surface area (Å²) in [5.74, 6) is 1.83. The van der Waals surface area contributed by atoms with E-state index >= 15 is 0 Å². The zero-order valence-electron chi connectivity index (χ0n) is 19.8. The minimum absolute atomic E-state index is 0.0247. The van der Waals surface area contributed by atoms with Gasteiger partial charge in [-0.25, -0.2) is 0 Å². The number of carbonyl (C=O) groups excluding carboxylic acids is 1. The molecule has 0 aliphatic heterocycles. The molecule has 3 aromatic rings. The van der Waals surface area contributed by atoms with Gasteiger partial charge in [-0.1, -0.05) is 68.4 Å². The van der Waals surface area contributed by atoms with Gasteiger partial charge in [0.2, 0.25) is 5.91 Å². The Morgan fingerprint density at radius 2 is 1.73 bits per heavy atom. The van der Waals surface area contributed by atoms with Crippen LogP contribution in [0.3, 0.4) is 0 Å². The lowest BCUT2D eigenvalue weighted by Crippen LogP contribution is -2.42. The number of nitrogens with two attached hydrogens (primary N) is 1. The van der Waals surface area contributed by atoms with Gasteiger partial charge in [-0.3, -0.25) is 4.79 Å². The van der Waals surface area contributed by atoms with Crippen LogP contribution in [0.1, 0.15) is 38.2 Å². The van der Waals surface area contributed by atoms with Gasteiger partial charge in [-0.05, 0) is 65.6 Å². The number of hydrogen-bond donors (Lipinski definition) is 1. The number of amides is 1. The van der Waals surface area contributed by atoms with Gasteiger partial charge < -0.3 is 15.4 Å². The first-order chi connectivity index (χ1) is 16.0. The molecule has 0 spiro atoms. The molecule has 0 saturated heterocycles. The van der Waals surface area contributed by atoms with E-state index in [-0.39, 0.29) is 17.9 Å². The molecule has 0 heterocycles. The molecule has 4 rings (SSSR count). The Kier molecular flexibility index (Phi) is 7.14. The molecule has 4 heteroatoms. The Labute approximate surface area is 197 Å². The highest BCUT2D eigenvalue weighted by molar-refractivity contribution is 5.97. The third-order valence-corrected chi connectivity index (χ3v) is 6.37.